The number of aromatic nitrogens is 1. The van der Waals surface area contributed by atoms with Gasteiger partial charge in [-0.15, -0.1) is 0 Å². The van der Waals surface area contributed by atoms with Gasteiger partial charge in [0.05, 0.1) is 11.3 Å². The third-order valence-corrected chi connectivity index (χ3v) is 6.74. The largest absolute Gasteiger partial charge is 0.358 e. The summed E-state index contributed by atoms with van der Waals surface area (Å²) in [6.07, 6.45) is 10.2. The number of halogens is 1. The van der Waals surface area contributed by atoms with Crippen LogP contribution in [0, 0.1) is 12.8 Å². The van der Waals surface area contributed by atoms with Gasteiger partial charge in [0.15, 0.2) is 0 Å². The fraction of sp³-hybridized carbons (Fsp3) is 0.636. The van der Waals surface area contributed by atoms with E-state index < -0.39 is 10.0 Å². The lowest BCUT2D eigenvalue weighted by Gasteiger charge is -2.32. The first-order chi connectivity index (χ1) is 15.2. The molecule has 1 amide bonds. The summed E-state index contributed by atoms with van der Waals surface area (Å²) in [5.41, 5.74) is 1.03. The van der Waals surface area contributed by atoms with Gasteiger partial charge < -0.3 is 15.1 Å². The molecule has 0 bridgehead atoms. The van der Waals surface area contributed by atoms with Crippen LogP contribution in [0.15, 0.2) is 24.2 Å². The van der Waals surface area contributed by atoms with Crippen LogP contribution in [-0.4, -0.2) is 63.2 Å². The molecule has 0 radical (unpaired) electrons. The molecule has 0 spiro atoms. The van der Waals surface area contributed by atoms with Crippen LogP contribution in [0.25, 0.3) is 0 Å². The Labute approximate surface area is 196 Å². The van der Waals surface area contributed by atoms with Crippen LogP contribution < -0.4 is 14.9 Å². The number of hydrogen-bond acceptors (Lipinski definition) is 6. The predicted molar refractivity (Wildman–Crippen MR) is 128 cm³/mol. The van der Waals surface area contributed by atoms with Gasteiger partial charge in [-0.05, 0) is 63.2 Å². The Morgan fingerprint density at radius 1 is 1.25 bits per heavy atom. The number of anilines is 1. The Hall–Kier alpha value is -2.00. The molecule has 1 aromatic heterocycles. The van der Waals surface area contributed by atoms with E-state index in [-0.39, 0.29) is 11.8 Å². The number of rotatable bonds is 8. The van der Waals surface area contributed by atoms with E-state index in [0.29, 0.717) is 23.9 Å². The lowest BCUT2D eigenvalue weighted by molar-refractivity contribution is -0.125. The van der Waals surface area contributed by atoms with E-state index >= 15 is 0 Å². The molecule has 3 rings (SSSR count). The lowest BCUT2D eigenvalue weighted by atomic mass is 9.96. The normalized spacial score (nSPS) is 18.2. The number of amides is 1. The number of nitrogens with zero attached hydrogens (tertiary/aromatic N) is 3. The van der Waals surface area contributed by atoms with Crippen LogP contribution in [0.2, 0.25) is 5.02 Å². The van der Waals surface area contributed by atoms with Crippen molar-refractivity contribution >= 4 is 33.3 Å². The quantitative estimate of drug-likeness (QED) is 0.552. The topological polar surface area (TPSA) is 94.6 Å². The molecule has 3 heterocycles. The van der Waals surface area contributed by atoms with Gasteiger partial charge in [-0.1, -0.05) is 11.6 Å². The predicted octanol–water partition coefficient (Wildman–Crippen LogP) is 2.64. The van der Waals surface area contributed by atoms with Crippen molar-refractivity contribution in [3.8, 4) is 0 Å². The highest BCUT2D eigenvalue weighted by molar-refractivity contribution is 7.88. The summed E-state index contributed by atoms with van der Waals surface area (Å²) in [5.74, 6) is 1.54. The number of carbonyl (C=O) groups excluding carboxylic acids is 1. The third-order valence-electron chi connectivity index (χ3n) is 5.88. The molecule has 2 aliphatic heterocycles. The van der Waals surface area contributed by atoms with E-state index in [0.717, 1.165) is 69.5 Å². The second-order valence-corrected chi connectivity index (χ2v) is 10.8. The van der Waals surface area contributed by atoms with Crippen LogP contribution in [0.3, 0.4) is 0 Å². The standard InChI is InChI=1S/C22H34ClN5O3S/c1-17-15-19(23)21(25-16-17)28-13-8-18(9-14-28)22(29)24-10-6-12-27-11-5-3-4-7-20(27)26-32(2,30)31/h7,15-16,18,26H,3-6,8-14H2,1-2H3,(H,24,29). The lowest BCUT2D eigenvalue weighted by Crippen LogP contribution is -2.42. The van der Waals surface area contributed by atoms with Gasteiger partial charge in [0.1, 0.15) is 11.6 Å². The van der Waals surface area contributed by atoms with E-state index in [2.05, 4.69) is 24.8 Å². The second kappa shape index (κ2) is 11.2. The Balaban J connectivity index is 1.41. The Kier molecular flexibility index (Phi) is 8.64. The van der Waals surface area contributed by atoms with Crippen LogP contribution in [0.1, 0.15) is 44.1 Å². The highest BCUT2D eigenvalue weighted by atomic mass is 35.5. The SMILES string of the molecule is Cc1cnc(N2CCC(C(=O)NCCCN3CCCCC=C3NS(C)(=O)=O)CC2)c(Cl)c1. The number of allylic oxidation sites excluding steroid dienone is 1. The highest BCUT2D eigenvalue weighted by Gasteiger charge is 2.26. The van der Waals surface area contributed by atoms with E-state index in [1.54, 1.807) is 0 Å². The van der Waals surface area contributed by atoms with Crippen molar-refractivity contribution < 1.29 is 13.2 Å². The van der Waals surface area contributed by atoms with E-state index in [4.69, 9.17) is 11.6 Å². The highest BCUT2D eigenvalue weighted by Crippen LogP contribution is 2.28. The summed E-state index contributed by atoms with van der Waals surface area (Å²) >= 11 is 6.34. The number of nitrogens with one attached hydrogen (secondary N) is 2. The van der Waals surface area contributed by atoms with E-state index in [1.165, 1.54) is 6.26 Å². The van der Waals surface area contributed by atoms with E-state index in [1.807, 2.05) is 25.3 Å². The maximum Gasteiger partial charge on any atom is 0.230 e. The van der Waals surface area contributed by atoms with Gasteiger partial charge in [0.2, 0.25) is 15.9 Å². The average Bonchev–Trinajstić information content (AvgIpc) is 2.95. The first-order valence-corrected chi connectivity index (χ1v) is 13.6. The van der Waals surface area contributed by atoms with Crippen molar-refractivity contribution in [3.63, 3.8) is 0 Å². The summed E-state index contributed by atoms with van der Waals surface area (Å²) in [7, 11) is -3.31. The molecule has 2 N–H and O–H groups in total. The van der Waals surface area contributed by atoms with Crippen molar-refractivity contribution in [1.82, 2.24) is 19.9 Å². The number of pyridine rings is 1. The maximum atomic E-state index is 12.6. The zero-order chi connectivity index (χ0) is 23.1. The zero-order valence-electron chi connectivity index (χ0n) is 18.9. The summed E-state index contributed by atoms with van der Waals surface area (Å²) < 4.78 is 25.9. The molecule has 0 saturated carbocycles. The minimum atomic E-state index is -3.31. The van der Waals surface area contributed by atoms with Crippen LogP contribution >= 0.6 is 11.6 Å². The van der Waals surface area contributed by atoms with Crippen molar-refractivity contribution in [2.45, 2.75) is 45.4 Å². The molecule has 0 unspecified atom stereocenters. The summed E-state index contributed by atoms with van der Waals surface area (Å²) in [4.78, 5) is 21.3. The number of aryl methyl sites for hydroxylation is 1. The molecule has 0 aliphatic carbocycles. The Bertz CT molecular complexity index is 929. The molecule has 0 atom stereocenters. The van der Waals surface area contributed by atoms with Crippen molar-refractivity contribution in [3.05, 3.63) is 34.7 Å². The molecule has 178 valence electrons. The number of carbonyl (C=O) groups is 1. The molecule has 2 aliphatic rings. The Morgan fingerprint density at radius 3 is 2.69 bits per heavy atom. The molecule has 10 heteroatoms. The first-order valence-electron chi connectivity index (χ1n) is 11.3. The minimum Gasteiger partial charge on any atom is -0.358 e. The van der Waals surface area contributed by atoms with Gasteiger partial charge in [0.25, 0.3) is 0 Å². The van der Waals surface area contributed by atoms with Crippen LogP contribution in [0.5, 0.6) is 0 Å². The summed E-state index contributed by atoms with van der Waals surface area (Å²) in [5, 5.41) is 3.71. The minimum absolute atomic E-state index is 0.00369. The molecule has 32 heavy (non-hydrogen) atoms. The fourth-order valence-corrected chi connectivity index (χ4v) is 5.13. The molecular formula is C22H34ClN5O3S. The van der Waals surface area contributed by atoms with Crippen molar-refractivity contribution in [2.75, 3.05) is 43.9 Å². The number of piperidine rings is 1. The second-order valence-electron chi connectivity index (χ2n) is 8.67. The van der Waals surface area contributed by atoms with Gasteiger partial charge in [0, 0.05) is 44.8 Å². The van der Waals surface area contributed by atoms with Gasteiger partial charge in [-0.3, -0.25) is 9.52 Å². The number of hydrogen-bond donors (Lipinski definition) is 2. The van der Waals surface area contributed by atoms with Crippen molar-refractivity contribution in [1.29, 1.82) is 0 Å². The maximum absolute atomic E-state index is 12.6. The molecule has 1 aromatic rings. The zero-order valence-corrected chi connectivity index (χ0v) is 20.5. The Morgan fingerprint density at radius 2 is 2.00 bits per heavy atom. The van der Waals surface area contributed by atoms with Crippen LogP contribution in [0.4, 0.5) is 5.82 Å². The summed E-state index contributed by atoms with van der Waals surface area (Å²) in [6, 6.07) is 1.92. The number of sulfonamides is 1. The average molecular weight is 484 g/mol. The third kappa shape index (κ3) is 7.27. The smallest absolute Gasteiger partial charge is 0.230 e. The first kappa shape index (κ1) is 24.6. The molecule has 0 aromatic carbocycles. The molecule has 1 fully saturated rings. The fourth-order valence-electron chi connectivity index (χ4n) is 4.20. The van der Waals surface area contributed by atoms with Crippen molar-refractivity contribution in [2.24, 2.45) is 5.92 Å². The van der Waals surface area contributed by atoms with E-state index in [9.17, 15) is 13.2 Å². The summed E-state index contributed by atoms with van der Waals surface area (Å²) in [6.45, 7) is 5.57. The van der Waals surface area contributed by atoms with Gasteiger partial charge >= 0.3 is 0 Å². The molecule has 8 nitrogen and oxygen atoms in total. The molecule has 1 saturated heterocycles. The molecular weight excluding hydrogens is 450 g/mol. The van der Waals surface area contributed by atoms with Gasteiger partial charge in [-0.25, -0.2) is 13.4 Å². The van der Waals surface area contributed by atoms with Gasteiger partial charge in [-0.2, -0.15) is 0 Å². The monoisotopic (exact) mass is 483 g/mol. The van der Waals surface area contributed by atoms with Crippen LogP contribution in [-0.2, 0) is 14.8 Å².